The van der Waals surface area contributed by atoms with Crippen LogP contribution in [0, 0.1) is 12.8 Å². The van der Waals surface area contributed by atoms with Crippen LogP contribution in [0.1, 0.15) is 73.1 Å². The van der Waals surface area contributed by atoms with E-state index in [0.29, 0.717) is 12.0 Å². The van der Waals surface area contributed by atoms with Gasteiger partial charge in [-0.25, -0.2) is 4.68 Å². The zero-order chi connectivity index (χ0) is 24.5. The molecule has 1 saturated heterocycles. The van der Waals surface area contributed by atoms with Gasteiger partial charge in [-0.3, -0.25) is 9.69 Å². The molecule has 1 aliphatic carbocycles. The highest BCUT2D eigenvalue weighted by Gasteiger charge is 2.35. The van der Waals surface area contributed by atoms with Crippen molar-refractivity contribution in [2.45, 2.75) is 64.0 Å². The molecular formula is C29H34N6O. The number of hydrogen-bond donors (Lipinski definition) is 1. The van der Waals surface area contributed by atoms with Crippen molar-refractivity contribution in [1.29, 1.82) is 0 Å². The van der Waals surface area contributed by atoms with Crippen molar-refractivity contribution < 1.29 is 0 Å². The Morgan fingerprint density at radius 3 is 2.56 bits per heavy atom. The Hall–Kier alpha value is -3.32. The van der Waals surface area contributed by atoms with Gasteiger partial charge in [-0.1, -0.05) is 55.3 Å². The quantitative estimate of drug-likeness (QED) is 0.419. The Labute approximate surface area is 211 Å². The molecule has 2 fully saturated rings. The van der Waals surface area contributed by atoms with Crippen LogP contribution in [0.3, 0.4) is 0 Å². The number of likely N-dealkylation sites (tertiary alicyclic amines) is 1. The highest BCUT2D eigenvalue weighted by molar-refractivity contribution is 5.79. The molecule has 36 heavy (non-hydrogen) atoms. The number of hydrogen-bond acceptors (Lipinski definition) is 5. The highest BCUT2D eigenvalue weighted by atomic mass is 16.1. The van der Waals surface area contributed by atoms with E-state index in [0.717, 1.165) is 73.0 Å². The summed E-state index contributed by atoms with van der Waals surface area (Å²) < 4.78 is 2.02. The molecule has 186 valence electrons. The number of benzene rings is 2. The van der Waals surface area contributed by atoms with Gasteiger partial charge in [-0.2, -0.15) is 0 Å². The van der Waals surface area contributed by atoms with E-state index in [4.69, 9.17) is 0 Å². The number of nitrogens with one attached hydrogen (secondary N) is 1. The number of aromatic nitrogens is 5. The Morgan fingerprint density at radius 1 is 1.00 bits per heavy atom. The van der Waals surface area contributed by atoms with Gasteiger partial charge in [-0.05, 0) is 97.1 Å². The lowest BCUT2D eigenvalue weighted by atomic mass is 9.89. The third-order valence-corrected chi connectivity index (χ3v) is 8.14. The van der Waals surface area contributed by atoms with Gasteiger partial charge >= 0.3 is 0 Å². The first-order chi connectivity index (χ1) is 17.7. The van der Waals surface area contributed by atoms with Crippen LogP contribution in [0.4, 0.5) is 0 Å². The van der Waals surface area contributed by atoms with Gasteiger partial charge in [0.05, 0.1) is 6.04 Å². The standard InChI is InChI=1S/C29H34N6O/c1-20-11-12-23-19-25(29(36)30-26(23)17-20)27(28-31-32-33-35(28)24-9-5-6-10-24)34-15-13-22(14-16-34)18-21-7-3-2-4-8-21/h2-4,7-8,11-12,17,19,22,24,27H,5-6,9-10,13-16,18H2,1H3,(H,30,36)/t27-/m0/s1. The van der Waals surface area contributed by atoms with Gasteiger partial charge in [0, 0.05) is 11.1 Å². The number of H-pyrrole nitrogens is 1. The second-order valence-electron chi connectivity index (χ2n) is 10.6. The fourth-order valence-corrected chi connectivity index (χ4v) is 6.19. The average Bonchev–Trinajstić information content (AvgIpc) is 3.59. The second kappa shape index (κ2) is 9.97. The van der Waals surface area contributed by atoms with E-state index >= 15 is 0 Å². The molecule has 6 rings (SSSR count). The Morgan fingerprint density at radius 2 is 1.78 bits per heavy atom. The molecule has 7 nitrogen and oxygen atoms in total. The zero-order valence-corrected chi connectivity index (χ0v) is 20.9. The van der Waals surface area contributed by atoms with Crippen LogP contribution in [-0.2, 0) is 6.42 Å². The lowest BCUT2D eigenvalue weighted by Gasteiger charge is -2.37. The molecular weight excluding hydrogens is 448 g/mol. The fraction of sp³-hybridized carbons (Fsp3) is 0.448. The van der Waals surface area contributed by atoms with Crippen molar-refractivity contribution in [1.82, 2.24) is 30.1 Å². The molecule has 0 amide bonds. The van der Waals surface area contributed by atoms with Crippen molar-refractivity contribution in [3.8, 4) is 0 Å². The summed E-state index contributed by atoms with van der Waals surface area (Å²) in [6.45, 7) is 3.89. The summed E-state index contributed by atoms with van der Waals surface area (Å²) in [5, 5.41) is 14.1. The van der Waals surface area contributed by atoms with Gasteiger partial charge in [0.25, 0.3) is 5.56 Å². The molecule has 2 aromatic heterocycles. The largest absolute Gasteiger partial charge is 0.322 e. The molecule has 2 aliphatic rings. The molecule has 3 heterocycles. The first kappa shape index (κ1) is 23.1. The summed E-state index contributed by atoms with van der Waals surface area (Å²) in [5.74, 6) is 1.45. The molecule has 1 aliphatic heterocycles. The summed E-state index contributed by atoms with van der Waals surface area (Å²) in [6.07, 6.45) is 7.90. The smallest absolute Gasteiger partial charge is 0.253 e. The normalized spacial score (nSPS) is 18.7. The monoisotopic (exact) mass is 482 g/mol. The van der Waals surface area contributed by atoms with Gasteiger partial charge < -0.3 is 4.98 Å². The molecule has 1 saturated carbocycles. The van der Waals surface area contributed by atoms with Gasteiger partial charge in [-0.15, -0.1) is 5.10 Å². The summed E-state index contributed by atoms with van der Waals surface area (Å²) in [4.78, 5) is 19.1. The molecule has 0 unspecified atom stereocenters. The fourth-order valence-electron chi connectivity index (χ4n) is 6.19. The summed E-state index contributed by atoms with van der Waals surface area (Å²) in [6, 6.07) is 19.1. The van der Waals surface area contributed by atoms with Crippen LogP contribution in [0.2, 0.25) is 0 Å². The van der Waals surface area contributed by atoms with E-state index < -0.39 is 0 Å². The molecule has 4 aromatic rings. The second-order valence-corrected chi connectivity index (χ2v) is 10.6. The van der Waals surface area contributed by atoms with Crippen molar-refractivity contribution in [3.05, 3.63) is 87.5 Å². The molecule has 0 bridgehead atoms. The molecule has 0 radical (unpaired) electrons. The van der Waals surface area contributed by atoms with E-state index in [1.54, 1.807) is 0 Å². The number of nitrogens with zero attached hydrogens (tertiary/aromatic N) is 5. The van der Waals surface area contributed by atoms with E-state index in [1.807, 2.05) is 17.7 Å². The minimum Gasteiger partial charge on any atom is -0.322 e. The number of pyridine rings is 1. The lowest BCUT2D eigenvalue weighted by Crippen LogP contribution is -2.41. The maximum Gasteiger partial charge on any atom is 0.253 e. The Balaban J connectivity index is 1.34. The zero-order valence-electron chi connectivity index (χ0n) is 20.9. The van der Waals surface area contributed by atoms with E-state index in [9.17, 15) is 4.79 Å². The predicted octanol–water partition coefficient (Wildman–Crippen LogP) is 4.98. The maximum absolute atomic E-state index is 13.5. The van der Waals surface area contributed by atoms with E-state index in [2.05, 4.69) is 73.9 Å². The summed E-state index contributed by atoms with van der Waals surface area (Å²) in [7, 11) is 0. The molecule has 1 N–H and O–H groups in total. The van der Waals surface area contributed by atoms with E-state index in [-0.39, 0.29) is 11.6 Å². The SMILES string of the molecule is Cc1ccc2cc([C@@H](c3nnnn3C3CCCC3)N3CCC(Cc4ccccc4)CC3)c(=O)[nH]c2c1. The third-order valence-electron chi connectivity index (χ3n) is 8.14. The van der Waals surface area contributed by atoms with E-state index in [1.165, 1.54) is 18.4 Å². The minimum absolute atomic E-state index is 0.0505. The number of aromatic amines is 1. The highest BCUT2D eigenvalue weighted by Crippen LogP contribution is 2.36. The van der Waals surface area contributed by atoms with Crippen molar-refractivity contribution in [2.24, 2.45) is 5.92 Å². The molecule has 7 heteroatoms. The first-order valence-electron chi connectivity index (χ1n) is 13.3. The predicted molar refractivity (Wildman–Crippen MR) is 141 cm³/mol. The van der Waals surface area contributed by atoms with Crippen molar-refractivity contribution >= 4 is 10.9 Å². The van der Waals surface area contributed by atoms with Crippen LogP contribution in [0.25, 0.3) is 10.9 Å². The topological polar surface area (TPSA) is 79.7 Å². The Bertz CT molecular complexity index is 1380. The van der Waals surface area contributed by atoms with Gasteiger partial charge in [0.1, 0.15) is 6.04 Å². The van der Waals surface area contributed by atoms with Gasteiger partial charge in [0.15, 0.2) is 5.82 Å². The molecule has 0 spiro atoms. The van der Waals surface area contributed by atoms with Crippen LogP contribution < -0.4 is 5.56 Å². The lowest BCUT2D eigenvalue weighted by molar-refractivity contribution is 0.141. The van der Waals surface area contributed by atoms with Crippen LogP contribution in [-0.4, -0.2) is 43.2 Å². The summed E-state index contributed by atoms with van der Waals surface area (Å²) >= 11 is 0. The summed E-state index contributed by atoms with van der Waals surface area (Å²) in [5.41, 5.74) is 4.10. The Kier molecular flexibility index (Phi) is 6.40. The van der Waals surface area contributed by atoms with Crippen LogP contribution in [0.5, 0.6) is 0 Å². The third kappa shape index (κ3) is 4.60. The number of fused-ring (bicyclic) bond motifs is 1. The first-order valence-corrected chi connectivity index (χ1v) is 13.3. The van der Waals surface area contributed by atoms with Crippen molar-refractivity contribution in [2.75, 3.05) is 13.1 Å². The number of piperidine rings is 1. The van der Waals surface area contributed by atoms with Crippen LogP contribution >= 0.6 is 0 Å². The van der Waals surface area contributed by atoms with Gasteiger partial charge in [0.2, 0.25) is 0 Å². The van der Waals surface area contributed by atoms with Crippen LogP contribution in [0.15, 0.2) is 59.4 Å². The molecule has 1 atom stereocenters. The average molecular weight is 483 g/mol. The maximum atomic E-state index is 13.5. The number of tetrazole rings is 1. The number of aryl methyl sites for hydroxylation is 1. The van der Waals surface area contributed by atoms with Crippen molar-refractivity contribution in [3.63, 3.8) is 0 Å². The molecule has 2 aromatic carbocycles. The minimum atomic E-state index is -0.257. The number of rotatable bonds is 6.